The molecule has 5 heteroatoms. The van der Waals surface area contributed by atoms with Crippen molar-refractivity contribution in [3.8, 4) is 5.75 Å². The van der Waals surface area contributed by atoms with E-state index in [-0.39, 0.29) is 6.04 Å². The van der Waals surface area contributed by atoms with Crippen LogP contribution in [0.15, 0.2) is 18.3 Å². The molecular formula is C11H14ClN3O. The fourth-order valence-corrected chi connectivity index (χ4v) is 2.03. The Hall–Kier alpha value is -1.26. The average molecular weight is 240 g/mol. The van der Waals surface area contributed by atoms with Crippen LogP contribution in [-0.4, -0.2) is 22.9 Å². The number of hydrogen-bond donors (Lipinski definition) is 1. The molecular weight excluding hydrogens is 226 g/mol. The molecule has 1 heterocycles. The predicted molar refractivity (Wildman–Crippen MR) is 64.9 cm³/mol. The Balaban J connectivity index is 2.59. The lowest BCUT2D eigenvalue weighted by Crippen LogP contribution is -2.22. The minimum atomic E-state index is 0.0327. The third kappa shape index (κ3) is 1.86. The van der Waals surface area contributed by atoms with Crippen LogP contribution < -0.4 is 10.5 Å². The van der Waals surface area contributed by atoms with Gasteiger partial charge < -0.3 is 10.5 Å². The first kappa shape index (κ1) is 11.2. The quantitative estimate of drug-likeness (QED) is 0.892. The summed E-state index contributed by atoms with van der Waals surface area (Å²) in [6.07, 6.45) is 1.78. The van der Waals surface area contributed by atoms with Crippen molar-refractivity contribution < 1.29 is 4.74 Å². The molecule has 0 amide bonds. The number of hydrogen-bond acceptors (Lipinski definition) is 3. The summed E-state index contributed by atoms with van der Waals surface area (Å²) in [5.41, 5.74) is 6.63. The van der Waals surface area contributed by atoms with Crippen LogP contribution in [0.5, 0.6) is 5.75 Å². The Labute approximate surface area is 98.9 Å². The highest BCUT2D eigenvalue weighted by Crippen LogP contribution is 2.32. The maximum Gasteiger partial charge on any atom is 0.139 e. The van der Waals surface area contributed by atoms with Crippen molar-refractivity contribution in [1.82, 2.24) is 9.78 Å². The molecule has 2 aromatic rings. The van der Waals surface area contributed by atoms with Gasteiger partial charge in [0.05, 0.1) is 25.4 Å². The first-order chi connectivity index (χ1) is 7.63. The summed E-state index contributed by atoms with van der Waals surface area (Å²) in [6.45, 7) is 2.57. The lowest BCUT2D eigenvalue weighted by atomic mass is 10.2. The van der Waals surface area contributed by atoms with E-state index < -0.39 is 0 Å². The minimum absolute atomic E-state index is 0.0327. The van der Waals surface area contributed by atoms with Gasteiger partial charge in [-0.05, 0) is 19.1 Å². The lowest BCUT2D eigenvalue weighted by molar-refractivity contribution is 0.415. The minimum Gasteiger partial charge on any atom is -0.495 e. The molecule has 86 valence electrons. The molecule has 0 fully saturated rings. The van der Waals surface area contributed by atoms with Gasteiger partial charge in [-0.2, -0.15) is 5.10 Å². The molecule has 0 aliphatic carbocycles. The monoisotopic (exact) mass is 239 g/mol. The zero-order valence-corrected chi connectivity index (χ0v) is 10.0. The fraction of sp³-hybridized carbons (Fsp3) is 0.364. The van der Waals surface area contributed by atoms with E-state index in [4.69, 9.17) is 22.1 Å². The number of nitrogens with two attached hydrogens (primary N) is 1. The van der Waals surface area contributed by atoms with Crippen molar-refractivity contribution in [2.24, 2.45) is 5.73 Å². The maximum absolute atomic E-state index is 6.25. The van der Waals surface area contributed by atoms with E-state index in [0.717, 1.165) is 10.9 Å². The van der Waals surface area contributed by atoms with E-state index in [0.29, 0.717) is 17.3 Å². The highest BCUT2D eigenvalue weighted by Gasteiger charge is 2.12. The average Bonchev–Trinajstić information content (AvgIpc) is 2.62. The number of nitrogens with zero attached hydrogens (tertiary/aromatic N) is 2. The zero-order valence-electron chi connectivity index (χ0n) is 9.27. The second-order valence-corrected chi connectivity index (χ2v) is 4.20. The van der Waals surface area contributed by atoms with Crippen LogP contribution in [0.1, 0.15) is 6.92 Å². The van der Waals surface area contributed by atoms with Crippen LogP contribution in [0.2, 0.25) is 5.02 Å². The Kier molecular flexibility index (Phi) is 3.03. The standard InChI is InChI=1S/C11H14ClN3O/c1-7(13)6-15-11-8(5-14-15)3-4-9(16-2)10(11)12/h3-5,7H,6,13H2,1-2H3/t7-/m0/s1. The van der Waals surface area contributed by atoms with Crippen LogP contribution in [-0.2, 0) is 6.54 Å². The highest BCUT2D eigenvalue weighted by molar-refractivity contribution is 6.36. The van der Waals surface area contributed by atoms with Gasteiger partial charge in [-0.3, -0.25) is 4.68 Å². The van der Waals surface area contributed by atoms with Crippen molar-refractivity contribution >= 4 is 22.5 Å². The van der Waals surface area contributed by atoms with Gasteiger partial charge in [-0.25, -0.2) is 0 Å². The number of halogens is 1. The molecule has 16 heavy (non-hydrogen) atoms. The first-order valence-electron chi connectivity index (χ1n) is 5.07. The van der Waals surface area contributed by atoms with Crippen LogP contribution in [0.4, 0.5) is 0 Å². The molecule has 0 aliphatic rings. The second kappa shape index (κ2) is 4.31. The van der Waals surface area contributed by atoms with E-state index in [1.165, 1.54) is 0 Å². The summed E-state index contributed by atoms with van der Waals surface area (Å²) >= 11 is 6.25. The lowest BCUT2D eigenvalue weighted by Gasteiger charge is -2.09. The van der Waals surface area contributed by atoms with Crippen molar-refractivity contribution in [1.29, 1.82) is 0 Å². The largest absolute Gasteiger partial charge is 0.495 e. The summed E-state index contributed by atoms with van der Waals surface area (Å²) in [5, 5.41) is 5.84. The van der Waals surface area contributed by atoms with Gasteiger partial charge in [0.15, 0.2) is 0 Å². The van der Waals surface area contributed by atoms with Gasteiger partial charge in [0.25, 0.3) is 0 Å². The number of benzene rings is 1. The Morgan fingerprint density at radius 3 is 2.94 bits per heavy atom. The molecule has 0 bridgehead atoms. The number of aromatic nitrogens is 2. The highest BCUT2D eigenvalue weighted by atomic mass is 35.5. The van der Waals surface area contributed by atoms with Gasteiger partial charge in [0, 0.05) is 11.4 Å². The molecule has 1 atom stereocenters. The van der Waals surface area contributed by atoms with Crippen LogP contribution in [0.25, 0.3) is 10.9 Å². The van der Waals surface area contributed by atoms with Crippen LogP contribution in [0, 0.1) is 0 Å². The predicted octanol–water partition coefficient (Wildman–Crippen LogP) is 2.05. The molecule has 0 saturated heterocycles. The van der Waals surface area contributed by atoms with E-state index >= 15 is 0 Å². The van der Waals surface area contributed by atoms with Crippen molar-refractivity contribution in [3.63, 3.8) is 0 Å². The van der Waals surface area contributed by atoms with Gasteiger partial charge in [-0.1, -0.05) is 11.6 Å². The normalized spacial score (nSPS) is 13.0. The maximum atomic E-state index is 6.25. The third-order valence-electron chi connectivity index (χ3n) is 2.39. The SMILES string of the molecule is COc1ccc2cnn(C[C@H](C)N)c2c1Cl. The molecule has 0 aliphatic heterocycles. The van der Waals surface area contributed by atoms with Gasteiger partial charge in [0.2, 0.25) is 0 Å². The molecule has 0 saturated carbocycles. The number of fused-ring (bicyclic) bond motifs is 1. The van der Waals surface area contributed by atoms with Crippen LogP contribution in [0.3, 0.4) is 0 Å². The molecule has 4 nitrogen and oxygen atoms in total. The topological polar surface area (TPSA) is 53.1 Å². The van der Waals surface area contributed by atoms with E-state index in [2.05, 4.69) is 5.10 Å². The number of ether oxygens (including phenoxy) is 1. The zero-order chi connectivity index (χ0) is 11.7. The number of methoxy groups -OCH3 is 1. The van der Waals surface area contributed by atoms with E-state index in [9.17, 15) is 0 Å². The molecule has 2 rings (SSSR count). The number of rotatable bonds is 3. The molecule has 0 spiro atoms. The van der Waals surface area contributed by atoms with E-state index in [1.807, 2.05) is 23.7 Å². The summed E-state index contributed by atoms with van der Waals surface area (Å²) in [7, 11) is 1.60. The molecule has 1 aromatic heterocycles. The first-order valence-corrected chi connectivity index (χ1v) is 5.45. The summed E-state index contributed by atoms with van der Waals surface area (Å²) < 4.78 is 6.99. The summed E-state index contributed by atoms with van der Waals surface area (Å²) in [5.74, 6) is 0.653. The van der Waals surface area contributed by atoms with Gasteiger partial charge in [-0.15, -0.1) is 0 Å². The second-order valence-electron chi connectivity index (χ2n) is 3.82. The van der Waals surface area contributed by atoms with Crippen LogP contribution >= 0.6 is 11.6 Å². The van der Waals surface area contributed by atoms with E-state index in [1.54, 1.807) is 13.3 Å². The van der Waals surface area contributed by atoms with Crippen molar-refractivity contribution in [2.75, 3.05) is 7.11 Å². The van der Waals surface area contributed by atoms with Crippen molar-refractivity contribution in [3.05, 3.63) is 23.4 Å². The Morgan fingerprint density at radius 2 is 2.31 bits per heavy atom. The van der Waals surface area contributed by atoms with Gasteiger partial charge >= 0.3 is 0 Å². The fourth-order valence-electron chi connectivity index (χ4n) is 1.69. The molecule has 0 radical (unpaired) electrons. The Morgan fingerprint density at radius 1 is 1.56 bits per heavy atom. The molecule has 2 N–H and O–H groups in total. The Bertz CT molecular complexity index is 507. The van der Waals surface area contributed by atoms with Crippen molar-refractivity contribution in [2.45, 2.75) is 19.5 Å². The molecule has 0 unspecified atom stereocenters. The summed E-state index contributed by atoms with van der Waals surface area (Å²) in [6, 6.07) is 3.80. The van der Waals surface area contributed by atoms with Gasteiger partial charge in [0.1, 0.15) is 10.8 Å². The molecule has 1 aromatic carbocycles. The third-order valence-corrected chi connectivity index (χ3v) is 2.75. The smallest absolute Gasteiger partial charge is 0.139 e. The summed E-state index contributed by atoms with van der Waals surface area (Å²) in [4.78, 5) is 0.